The van der Waals surface area contributed by atoms with Gasteiger partial charge in [0.15, 0.2) is 11.7 Å². The van der Waals surface area contributed by atoms with Gasteiger partial charge in [-0.3, -0.25) is 4.79 Å². The van der Waals surface area contributed by atoms with Crippen LogP contribution in [0, 0.1) is 13.8 Å². The highest BCUT2D eigenvalue weighted by atomic mass is 32.2. The van der Waals surface area contributed by atoms with Crippen LogP contribution < -0.4 is 10.1 Å². The van der Waals surface area contributed by atoms with Crippen LogP contribution in [0.15, 0.2) is 39.4 Å². The number of hydrogen-bond donors (Lipinski definition) is 1. The second-order valence-corrected chi connectivity index (χ2v) is 7.07. The fraction of sp³-hybridized carbons (Fsp3) is 0.250. The van der Waals surface area contributed by atoms with Crippen LogP contribution in [0.25, 0.3) is 0 Å². The highest BCUT2D eigenvalue weighted by Gasteiger charge is 2.11. The number of anilines is 1. The van der Waals surface area contributed by atoms with E-state index in [1.807, 2.05) is 26.0 Å². The molecule has 2 heterocycles. The third kappa shape index (κ3) is 5.30. The molecule has 130 valence electrons. The molecule has 0 atom stereocenters. The summed E-state index contributed by atoms with van der Waals surface area (Å²) in [7, 11) is 0. The molecule has 0 spiro atoms. The minimum Gasteiger partial charge on any atom is -0.484 e. The van der Waals surface area contributed by atoms with Crippen LogP contribution in [0.5, 0.6) is 5.75 Å². The van der Waals surface area contributed by atoms with Crippen molar-refractivity contribution >= 4 is 34.1 Å². The zero-order chi connectivity index (χ0) is 17.6. The molecule has 2 aromatic heterocycles. The number of nitrogens with one attached hydrogen (secondary N) is 1. The van der Waals surface area contributed by atoms with Crippen molar-refractivity contribution in [1.82, 2.24) is 15.2 Å². The fourth-order valence-electron chi connectivity index (χ4n) is 2.08. The standard InChI is InChI=1S/C16H16N4O3S2/c1-10-5-11(2)7-12(6-10)22-8-14-19-20-16(23-14)25-9-13(21)18-15-17-3-4-24-15/h3-7H,8-9H2,1-2H3,(H,17,18,21). The van der Waals surface area contributed by atoms with Gasteiger partial charge in [0.2, 0.25) is 5.91 Å². The number of aromatic nitrogens is 3. The van der Waals surface area contributed by atoms with Crippen molar-refractivity contribution in [1.29, 1.82) is 0 Å². The fourth-order valence-corrected chi connectivity index (χ4v) is 3.21. The molecule has 3 aromatic rings. The minimum absolute atomic E-state index is 0.166. The molecule has 0 radical (unpaired) electrons. The number of benzene rings is 1. The van der Waals surface area contributed by atoms with Crippen molar-refractivity contribution < 1.29 is 13.9 Å². The molecule has 0 unspecified atom stereocenters. The molecule has 0 saturated heterocycles. The third-order valence-corrected chi connectivity index (χ3v) is 4.52. The van der Waals surface area contributed by atoms with E-state index >= 15 is 0 Å². The van der Waals surface area contributed by atoms with E-state index in [9.17, 15) is 4.79 Å². The normalized spacial score (nSPS) is 10.6. The van der Waals surface area contributed by atoms with Gasteiger partial charge in [0.1, 0.15) is 5.75 Å². The van der Waals surface area contributed by atoms with E-state index in [1.165, 1.54) is 23.1 Å². The molecule has 3 rings (SSSR count). The average molecular weight is 376 g/mol. The first kappa shape index (κ1) is 17.4. The number of aryl methyl sites for hydroxylation is 2. The van der Waals surface area contributed by atoms with Crippen LogP contribution in [-0.4, -0.2) is 26.8 Å². The van der Waals surface area contributed by atoms with E-state index in [1.54, 1.807) is 11.6 Å². The number of amides is 1. The Morgan fingerprint density at radius 3 is 2.80 bits per heavy atom. The quantitative estimate of drug-likeness (QED) is 0.632. The van der Waals surface area contributed by atoms with Crippen LogP contribution >= 0.6 is 23.1 Å². The number of carbonyl (C=O) groups is 1. The Hall–Kier alpha value is -2.39. The summed E-state index contributed by atoms with van der Waals surface area (Å²) in [4.78, 5) is 15.8. The Morgan fingerprint density at radius 1 is 1.28 bits per heavy atom. The molecule has 0 aliphatic rings. The monoisotopic (exact) mass is 376 g/mol. The smallest absolute Gasteiger partial charge is 0.277 e. The topological polar surface area (TPSA) is 90.1 Å². The number of hydrogen-bond acceptors (Lipinski definition) is 8. The number of ether oxygens (including phenoxy) is 1. The number of rotatable bonds is 7. The van der Waals surface area contributed by atoms with Crippen molar-refractivity contribution in [2.75, 3.05) is 11.1 Å². The molecule has 9 heteroatoms. The molecule has 0 fully saturated rings. The molecule has 1 amide bonds. The second kappa shape index (κ2) is 8.13. The molecule has 0 saturated carbocycles. The van der Waals surface area contributed by atoms with Crippen LogP contribution in [0.2, 0.25) is 0 Å². The van der Waals surface area contributed by atoms with E-state index < -0.39 is 0 Å². The number of carbonyl (C=O) groups excluding carboxylic acids is 1. The maximum Gasteiger partial charge on any atom is 0.277 e. The van der Waals surface area contributed by atoms with Crippen molar-refractivity contribution in [3.8, 4) is 5.75 Å². The Balaban J connectivity index is 1.47. The lowest BCUT2D eigenvalue weighted by Gasteiger charge is -2.05. The van der Waals surface area contributed by atoms with Gasteiger partial charge in [-0.15, -0.1) is 21.5 Å². The highest BCUT2D eigenvalue weighted by molar-refractivity contribution is 7.99. The Morgan fingerprint density at radius 2 is 2.08 bits per heavy atom. The van der Waals surface area contributed by atoms with Gasteiger partial charge < -0.3 is 14.5 Å². The number of thiazole rings is 1. The lowest BCUT2D eigenvalue weighted by Crippen LogP contribution is -2.13. The summed E-state index contributed by atoms with van der Waals surface area (Å²) in [5.74, 6) is 1.11. The minimum atomic E-state index is -0.175. The van der Waals surface area contributed by atoms with Gasteiger partial charge in [-0.2, -0.15) is 0 Å². The first-order chi connectivity index (χ1) is 12.1. The van der Waals surface area contributed by atoms with Gasteiger partial charge >= 0.3 is 0 Å². The number of nitrogens with zero attached hydrogens (tertiary/aromatic N) is 3. The van der Waals surface area contributed by atoms with Crippen molar-refractivity contribution in [2.24, 2.45) is 0 Å². The van der Waals surface area contributed by atoms with Gasteiger partial charge in [-0.1, -0.05) is 17.8 Å². The molecule has 1 aromatic carbocycles. The van der Waals surface area contributed by atoms with E-state index in [0.29, 0.717) is 16.2 Å². The van der Waals surface area contributed by atoms with Crippen LogP contribution in [-0.2, 0) is 11.4 Å². The van der Waals surface area contributed by atoms with Crippen LogP contribution in [0.4, 0.5) is 5.13 Å². The van der Waals surface area contributed by atoms with Gasteiger partial charge in [0, 0.05) is 11.6 Å². The lowest BCUT2D eigenvalue weighted by molar-refractivity contribution is -0.113. The summed E-state index contributed by atoms with van der Waals surface area (Å²) >= 11 is 2.53. The maximum atomic E-state index is 11.8. The van der Waals surface area contributed by atoms with Gasteiger partial charge in [0.25, 0.3) is 11.1 Å². The summed E-state index contributed by atoms with van der Waals surface area (Å²) in [6.45, 7) is 4.21. The van der Waals surface area contributed by atoms with Crippen molar-refractivity contribution in [2.45, 2.75) is 25.7 Å². The summed E-state index contributed by atoms with van der Waals surface area (Å²) in [5.41, 5.74) is 2.26. The lowest BCUT2D eigenvalue weighted by atomic mass is 10.1. The van der Waals surface area contributed by atoms with Gasteiger partial charge in [-0.25, -0.2) is 4.98 Å². The Kier molecular flexibility index (Phi) is 5.67. The summed E-state index contributed by atoms with van der Waals surface area (Å²) in [5, 5.41) is 13.2. The number of thioether (sulfide) groups is 1. The first-order valence-corrected chi connectivity index (χ1v) is 9.30. The van der Waals surface area contributed by atoms with Crippen LogP contribution in [0.3, 0.4) is 0 Å². The Bertz CT molecular complexity index is 829. The van der Waals surface area contributed by atoms with Crippen molar-refractivity contribution in [3.05, 3.63) is 46.8 Å². The summed E-state index contributed by atoms with van der Waals surface area (Å²) < 4.78 is 11.1. The largest absolute Gasteiger partial charge is 0.484 e. The van der Waals surface area contributed by atoms with Gasteiger partial charge in [0.05, 0.1) is 5.75 Å². The molecule has 0 bridgehead atoms. The summed E-state index contributed by atoms with van der Waals surface area (Å²) in [6, 6.07) is 5.97. The molecular formula is C16H16N4O3S2. The maximum absolute atomic E-state index is 11.8. The Labute approximate surface area is 152 Å². The van der Waals surface area contributed by atoms with Crippen LogP contribution in [0.1, 0.15) is 17.0 Å². The molecule has 0 aliphatic heterocycles. The SMILES string of the molecule is Cc1cc(C)cc(OCc2nnc(SCC(=O)Nc3nccs3)o2)c1. The molecular weight excluding hydrogens is 360 g/mol. The predicted molar refractivity (Wildman–Crippen MR) is 96.0 cm³/mol. The zero-order valence-corrected chi connectivity index (χ0v) is 15.3. The third-order valence-electron chi connectivity index (χ3n) is 3.01. The first-order valence-electron chi connectivity index (χ1n) is 7.44. The van der Waals surface area contributed by atoms with E-state index in [-0.39, 0.29) is 18.3 Å². The highest BCUT2D eigenvalue weighted by Crippen LogP contribution is 2.20. The predicted octanol–water partition coefficient (Wildman–Crippen LogP) is 3.45. The van der Waals surface area contributed by atoms with E-state index in [2.05, 4.69) is 26.6 Å². The molecule has 1 N–H and O–H groups in total. The van der Waals surface area contributed by atoms with Crippen molar-refractivity contribution in [3.63, 3.8) is 0 Å². The molecule has 7 nitrogen and oxygen atoms in total. The van der Waals surface area contributed by atoms with Gasteiger partial charge in [-0.05, 0) is 37.1 Å². The van der Waals surface area contributed by atoms with E-state index in [0.717, 1.165) is 16.9 Å². The average Bonchev–Trinajstić information content (AvgIpc) is 3.22. The zero-order valence-electron chi connectivity index (χ0n) is 13.7. The molecule has 25 heavy (non-hydrogen) atoms. The molecule has 0 aliphatic carbocycles. The van der Waals surface area contributed by atoms with E-state index in [4.69, 9.17) is 9.15 Å². The second-order valence-electron chi connectivity index (χ2n) is 5.25. The summed E-state index contributed by atoms with van der Waals surface area (Å²) in [6.07, 6.45) is 1.63.